The average Bonchev–Trinajstić information content (AvgIpc) is 2.39. The van der Waals surface area contributed by atoms with Gasteiger partial charge in [-0.15, -0.1) is 0 Å². The van der Waals surface area contributed by atoms with Gasteiger partial charge in [0.05, 0.1) is 5.02 Å². The van der Waals surface area contributed by atoms with Gasteiger partial charge in [0.15, 0.2) is 0 Å². The molecule has 0 amide bonds. The fraction of sp³-hybridized carbons (Fsp3) is 0.294. The van der Waals surface area contributed by atoms with E-state index in [0.717, 1.165) is 25.1 Å². The first kappa shape index (κ1) is 13.6. The third-order valence-corrected chi connectivity index (χ3v) is 4.41. The van der Waals surface area contributed by atoms with Crippen molar-refractivity contribution in [2.45, 2.75) is 18.8 Å². The molecule has 20 heavy (non-hydrogen) atoms. The molecule has 1 aliphatic rings. The van der Waals surface area contributed by atoms with Crippen LogP contribution in [0.5, 0.6) is 0 Å². The van der Waals surface area contributed by atoms with Crippen LogP contribution in [0.1, 0.15) is 16.7 Å². The van der Waals surface area contributed by atoms with Crippen molar-refractivity contribution in [3.63, 3.8) is 0 Å². The molecule has 1 aliphatic heterocycles. The van der Waals surface area contributed by atoms with Gasteiger partial charge in [0.25, 0.3) is 0 Å². The zero-order valence-corrected chi connectivity index (χ0v) is 12.2. The summed E-state index contributed by atoms with van der Waals surface area (Å²) in [5.41, 5.74) is 3.79. The standard InChI is InChI=1S/C17H17ClFN/c1-12-2-5-14(6-3-12)17(10-20-11-17)9-13-4-7-16(19)15(18)8-13/h2-8,20H,9-11H2,1H3. The predicted octanol–water partition coefficient (Wildman–Crippen LogP) is 3.87. The minimum atomic E-state index is -0.355. The Morgan fingerprint density at radius 1 is 1.15 bits per heavy atom. The number of rotatable bonds is 3. The molecule has 0 bridgehead atoms. The molecule has 0 radical (unpaired) electrons. The summed E-state index contributed by atoms with van der Waals surface area (Å²) in [5, 5.41) is 3.56. The van der Waals surface area contributed by atoms with Crippen LogP contribution < -0.4 is 5.32 Å². The van der Waals surface area contributed by atoms with Crippen LogP contribution in [0.3, 0.4) is 0 Å². The zero-order chi connectivity index (χ0) is 14.2. The predicted molar refractivity (Wildman–Crippen MR) is 80.8 cm³/mol. The monoisotopic (exact) mass is 289 g/mol. The van der Waals surface area contributed by atoms with E-state index in [1.165, 1.54) is 17.2 Å². The molecule has 2 aromatic carbocycles. The molecule has 0 aliphatic carbocycles. The van der Waals surface area contributed by atoms with Gasteiger partial charge in [0, 0.05) is 18.5 Å². The van der Waals surface area contributed by atoms with E-state index in [1.54, 1.807) is 6.07 Å². The van der Waals surface area contributed by atoms with E-state index in [2.05, 4.69) is 36.5 Å². The first-order chi connectivity index (χ1) is 9.59. The molecule has 3 heteroatoms. The van der Waals surface area contributed by atoms with Gasteiger partial charge in [-0.1, -0.05) is 47.5 Å². The Morgan fingerprint density at radius 2 is 1.85 bits per heavy atom. The van der Waals surface area contributed by atoms with E-state index in [-0.39, 0.29) is 16.3 Å². The zero-order valence-electron chi connectivity index (χ0n) is 11.4. The first-order valence-corrected chi connectivity index (χ1v) is 7.19. The Hall–Kier alpha value is -1.38. The van der Waals surface area contributed by atoms with Gasteiger partial charge in [0.1, 0.15) is 5.82 Å². The molecule has 1 heterocycles. The number of benzene rings is 2. The fourth-order valence-electron chi connectivity index (χ4n) is 2.81. The maximum absolute atomic E-state index is 13.3. The van der Waals surface area contributed by atoms with E-state index < -0.39 is 0 Å². The van der Waals surface area contributed by atoms with Crippen molar-refractivity contribution >= 4 is 11.6 Å². The topological polar surface area (TPSA) is 12.0 Å². The van der Waals surface area contributed by atoms with Crippen LogP contribution in [-0.2, 0) is 11.8 Å². The van der Waals surface area contributed by atoms with Crippen molar-refractivity contribution in [1.82, 2.24) is 5.32 Å². The summed E-state index contributed by atoms with van der Waals surface area (Å²) in [4.78, 5) is 0. The van der Waals surface area contributed by atoms with Gasteiger partial charge >= 0.3 is 0 Å². The summed E-state index contributed by atoms with van der Waals surface area (Å²) in [6.45, 7) is 3.99. The summed E-state index contributed by atoms with van der Waals surface area (Å²) < 4.78 is 13.3. The molecule has 1 nitrogen and oxygen atoms in total. The molecule has 3 rings (SSSR count). The molecule has 0 saturated carbocycles. The smallest absolute Gasteiger partial charge is 0.141 e. The van der Waals surface area contributed by atoms with E-state index >= 15 is 0 Å². The summed E-state index contributed by atoms with van der Waals surface area (Å²) in [5.74, 6) is -0.355. The van der Waals surface area contributed by atoms with E-state index in [0.29, 0.717) is 0 Å². The molecule has 0 spiro atoms. The number of hydrogen-bond acceptors (Lipinski definition) is 1. The maximum atomic E-state index is 13.3. The average molecular weight is 290 g/mol. The highest BCUT2D eigenvalue weighted by Gasteiger charge is 2.38. The van der Waals surface area contributed by atoms with Crippen LogP contribution in [0, 0.1) is 12.7 Å². The van der Waals surface area contributed by atoms with Crippen LogP contribution in [0.15, 0.2) is 42.5 Å². The lowest BCUT2D eigenvalue weighted by atomic mass is 9.71. The molecule has 2 aromatic rings. The lowest BCUT2D eigenvalue weighted by molar-refractivity contribution is 0.274. The Morgan fingerprint density at radius 3 is 2.40 bits per heavy atom. The van der Waals surface area contributed by atoms with Crippen molar-refractivity contribution in [1.29, 1.82) is 0 Å². The van der Waals surface area contributed by atoms with Crippen molar-refractivity contribution < 1.29 is 4.39 Å². The third kappa shape index (κ3) is 2.46. The minimum absolute atomic E-state index is 0.106. The van der Waals surface area contributed by atoms with Crippen molar-refractivity contribution in [3.05, 3.63) is 70.0 Å². The number of aryl methyl sites for hydroxylation is 1. The highest BCUT2D eigenvalue weighted by Crippen LogP contribution is 2.33. The summed E-state index contributed by atoms with van der Waals surface area (Å²) >= 11 is 5.88. The largest absolute Gasteiger partial charge is 0.315 e. The van der Waals surface area contributed by atoms with Crippen molar-refractivity contribution in [2.75, 3.05) is 13.1 Å². The first-order valence-electron chi connectivity index (χ1n) is 6.81. The van der Waals surface area contributed by atoms with Gasteiger partial charge in [-0.05, 0) is 36.6 Å². The molecule has 1 fully saturated rings. The second kappa shape index (κ2) is 5.19. The van der Waals surface area contributed by atoms with Crippen LogP contribution in [-0.4, -0.2) is 13.1 Å². The second-order valence-electron chi connectivity index (χ2n) is 5.68. The van der Waals surface area contributed by atoms with Gasteiger partial charge in [-0.25, -0.2) is 4.39 Å². The molecular formula is C17H17ClFN. The van der Waals surface area contributed by atoms with Crippen LogP contribution in [0.4, 0.5) is 4.39 Å². The highest BCUT2D eigenvalue weighted by molar-refractivity contribution is 6.30. The molecule has 0 atom stereocenters. The van der Waals surface area contributed by atoms with Gasteiger partial charge < -0.3 is 5.32 Å². The number of halogens is 2. The fourth-order valence-corrected chi connectivity index (χ4v) is 3.01. The van der Waals surface area contributed by atoms with E-state index in [1.807, 2.05) is 6.07 Å². The summed E-state index contributed by atoms with van der Waals surface area (Å²) in [7, 11) is 0. The molecule has 104 valence electrons. The molecule has 1 saturated heterocycles. The van der Waals surface area contributed by atoms with E-state index in [9.17, 15) is 4.39 Å². The second-order valence-corrected chi connectivity index (χ2v) is 6.08. The van der Waals surface area contributed by atoms with Crippen molar-refractivity contribution in [2.24, 2.45) is 0 Å². The summed E-state index contributed by atoms with van der Waals surface area (Å²) in [6, 6.07) is 13.7. The van der Waals surface area contributed by atoms with E-state index in [4.69, 9.17) is 11.6 Å². The normalized spacial score (nSPS) is 16.8. The quantitative estimate of drug-likeness (QED) is 0.904. The highest BCUT2D eigenvalue weighted by atomic mass is 35.5. The molecule has 0 unspecified atom stereocenters. The molecular weight excluding hydrogens is 273 g/mol. The minimum Gasteiger partial charge on any atom is -0.315 e. The Balaban J connectivity index is 1.89. The lowest BCUT2D eigenvalue weighted by Gasteiger charge is -2.43. The lowest BCUT2D eigenvalue weighted by Crippen LogP contribution is -2.58. The van der Waals surface area contributed by atoms with Gasteiger partial charge in [-0.3, -0.25) is 0 Å². The Kier molecular flexibility index (Phi) is 3.53. The molecule has 1 N–H and O–H groups in total. The third-order valence-electron chi connectivity index (χ3n) is 4.12. The van der Waals surface area contributed by atoms with Crippen LogP contribution in [0.25, 0.3) is 0 Å². The van der Waals surface area contributed by atoms with Crippen LogP contribution >= 0.6 is 11.6 Å². The Bertz CT molecular complexity index is 617. The van der Waals surface area contributed by atoms with Gasteiger partial charge in [0.2, 0.25) is 0 Å². The summed E-state index contributed by atoms with van der Waals surface area (Å²) in [6.07, 6.45) is 0.878. The number of hydrogen-bond donors (Lipinski definition) is 1. The molecule has 0 aromatic heterocycles. The van der Waals surface area contributed by atoms with Gasteiger partial charge in [-0.2, -0.15) is 0 Å². The van der Waals surface area contributed by atoms with Crippen molar-refractivity contribution in [3.8, 4) is 0 Å². The maximum Gasteiger partial charge on any atom is 0.141 e. The number of nitrogens with one attached hydrogen (secondary N) is 1. The SMILES string of the molecule is Cc1ccc(C2(Cc3ccc(F)c(Cl)c3)CNC2)cc1. The Labute approximate surface area is 123 Å². The van der Waals surface area contributed by atoms with Crippen LogP contribution in [0.2, 0.25) is 5.02 Å².